The number of fused-ring (bicyclic) bond motifs is 5. The van der Waals surface area contributed by atoms with E-state index in [1.54, 1.807) is 12.1 Å². The van der Waals surface area contributed by atoms with Crippen LogP contribution in [0.15, 0.2) is 30.0 Å². The normalized spacial score (nSPS) is 44.7. The van der Waals surface area contributed by atoms with Crippen LogP contribution >= 0.6 is 0 Å². The van der Waals surface area contributed by atoms with E-state index in [0.29, 0.717) is 11.3 Å². The summed E-state index contributed by atoms with van der Waals surface area (Å²) >= 11 is 0. The molecule has 1 aromatic carbocycles. The molecule has 3 unspecified atom stereocenters. The number of hydrogen-bond donors (Lipinski definition) is 4. The molecule has 3 saturated carbocycles. The van der Waals surface area contributed by atoms with Gasteiger partial charge in [0.2, 0.25) is 0 Å². The minimum absolute atomic E-state index is 0.0772. The lowest BCUT2D eigenvalue weighted by Crippen LogP contribution is -2.66. The molecule has 4 N–H and O–H groups in total. The number of aromatic hydroxyl groups is 1. The fraction of sp³-hybridized carbons (Fsp3) is 0.550. The van der Waals surface area contributed by atoms with Gasteiger partial charge >= 0.3 is 0 Å². The van der Waals surface area contributed by atoms with Gasteiger partial charge in [-0.3, -0.25) is 4.79 Å². The number of ketones is 1. The molecule has 0 aromatic heterocycles. The third-order valence-electron chi connectivity index (χ3n) is 7.34. The molecular formula is C20H22O6. The minimum atomic E-state index is -1.84. The summed E-state index contributed by atoms with van der Waals surface area (Å²) in [7, 11) is 0. The summed E-state index contributed by atoms with van der Waals surface area (Å²) in [4.78, 5) is 12.9. The topological polar surface area (TPSA) is 107 Å². The van der Waals surface area contributed by atoms with Crippen LogP contribution in [0.1, 0.15) is 38.2 Å². The monoisotopic (exact) mass is 358 g/mol. The van der Waals surface area contributed by atoms with E-state index in [1.807, 2.05) is 13.8 Å². The van der Waals surface area contributed by atoms with Crippen molar-refractivity contribution in [3.63, 3.8) is 0 Å². The number of Topliss-reactive ketones (excluding diaryl/α,β-unsaturated/α-hetero) is 1. The maximum atomic E-state index is 12.9. The summed E-state index contributed by atoms with van der Waals surface area (Å²) in [5.41, 5.74) is -2.53. The van der Waals surface area contributed by atoms with E-state index < -0.39 is 34.4 Å². The first-order valence-electron chi connectivity index (χ1n) is 8.97. The highest BCUT2D eigenvalue weighted by Crippen LogP contribution is 2.69. The molecule has 138 valence electrons. The van der Waals surface area contributed by atoms with Crippen molar-refractivity contribution >= 4 is 5.78 Å². The van der Waals surface area contributed by atoms with E-state index in [0.717, 1.165) is 5.56 Å². The third-order valence-corrected chi connectivity index (χ3v) is 7.34. The number of ether oxygens (including phenoxy) is 1. The van der Waals surface area contributed by atoms with Gasteiger partial charge in [0.25, 0.3) is 0 Å². The van der Waals surface area contributed by atoms with Crippen LogP contribution in [0.25, 0.3) is 0 Å². The Morgan fingerprint density at radius 3 is 2.69 bits per heavy atom. The maximum absolute atomic E-state index is 12.9. The molecule has 2 bridgehead atoms. The van der Waals surface area contributed by atoms with E-state index in [2.05, 4.69) is 0 Å². The van der Waals surface area contributed by atoms with E-state index >= 15 is 0 Å². The number of rotatable bonds is 0. The first-order chi connectivity index (χ1) is 12.1. The summed E-state index contributed by atoms with van der Waals surface area (Å²) in [6.07, 6.45) is 0.258. The SMILES string of the molecule is CC1(C)C2C(=COc3cc(O)ccc32)[C@]2(O)C(=O)C[C@@]3(O)C[C@H]1C2C3O. The number of aliphatic hydroxyl groups is 3. The molecule has 26 heavy (non-hydrogen) atoms. The molecule has 1 heterocycles. The van der Waals surface area contributed by atoms with Gasteiger partial charge in [-0.15, -0.1) is 0 Å². The Hall–Kier alpha value is -1.89. The highest BCUT2D eigenvalue weighted by atomic mass is 16.5. The summed E-state index contributed by atoms with van der Waals surface area (Å²) < 4.78 is 5.66. The average molecular weight is 358 g/mol. The summed E-state index contributed by atoms with van der Waals surface area (Å²) in [5.74, 6) is -1.19. The van der Waals surface area contributed by atoms with Crippen LogP contribution in [-0.4, -0.2) is 43.5 Å². The molecule has 0 radical (unpaired) electrons. The van der Waals surface area contributed by atoms with Gasteiger partial charge in [-0.1, -0.05) is 19.9 Å². The molecule has 3 aliphatic carbocycles. The Bertz CT molecular complexity index is 873. The number of benzene rings is 1. The highest BCUT2D eigenvalue weighted by Gasteiger charge is 2.74. The van der Waals surface area contributed by atoms with Gasteiger partial charge < -0.3 is 25.2 Å². The van der Waals surface area contributed by atoms with Crippen molar-refractivity contribution in [1.82, 2.24) is 0 Å². The van der Waals surface area contributed by atoms with E-state index in [-0.39, 0.29) is 30.4 Å². The van der Waals surface area contributed by atoms with Gasteiger partial charge in [0.05, 0.1) is 18.0 Å². The minimum Gasteiger partial charge on any atom is -0.508 e. The van der Waals surface area contributed by atoms with Crippen molar-refractivity contribution in [2.24, 2.45) is 17.3 Å². The smallest absolute Gasteiger partial charge is 0.172 e. The summed E-state index contributed by atoms with van der Waals surface area (Å²) in [6.45, 7) is 4.08. The standard InChI is InChI=1S/C20H22O6/c1-18(2)11-6-19(24)7-14(22)20(25,16(11)17(19)23)12-8-26-13-5-9(21)3-4-10(13)15(12)18/h3-5,8,11,15-17,21,23-25H,6-7H2,1-2H3/t11-,15?,16?,17?,19-,20-/m0/s1. The zero-order valence-electron chi connectivity index (χ0n) is 14.6. The molecule has 6 nitrogen and oxygen atoms in total. The molecular weight excluding hydrogens is 336 g/mol. The van der Waals surface area contributed by atoms with Crippen LogP contribution < -0.4 is 4.74 Å². The fourth-order valence-corrected chi connectivity index (χ4v) is 6.11. The highest BCUT2D eigenvalue weighted by molar-refractivity contribution is 5.94. The Morgan fingerprint density at radius 2 is 1.96 bits per heavy atom. The maximum Gasteiger partial charge on any atom is 0.172 e. The first-order valence-corrected chi connectivity index (χ1v) is 8.97. The van der Waals surface area contributed by atoms with Crippen LogP contribution in [-0.2, 0) is 4.79 Å². The van der Waals surface area contributed by atoms with Crippen molar-refractivity contribution in [3.8, 4) is 11.5 Å². The van der Waals surface area contributed by atoms with Gasteiger partial charge in [0.1, 0.15) is 11.5 Å². The van der Waals surface area contributed by atoms with E-state index in [9.17, 15) is 25.2 Å². The Labute approximate surface area is 150 Å². The molecule has 1 aromatic rings. The predicted molar refractivity (Wildman–Crippen MR) is 90.5 cm³/mol. The fourth-order valence-electron chi connectivity index (χ4n) is 6.11. The molecule has 6 atom stereocenters. The molecule has 0 spiro atoms. The number of aliphatic hydroxyl groups excluding tert-OH is 1. The van der Waals surface area contributed by atoms with Crippen LogP contribution in [0.5, 0.6) is 11.5 Å². The van der Waals surface area contributed by atoms with Crippen molar-refractivity contribution in [2.75, 3.05) is 0 Å². The molecule has 1 aliphatic heterocycles. The summed E-state index contributed by atoms with van der Waals surface area (Å²) in [5, 5.41) is 42.9. The molecule has 3 fully saturated rings. The lowest BCUT2D eigenvalue weighted by atomic mass is 9.49. The van der Waals surface area contributed by atoms with Crippen LogP contribution in [0.3, 0.4) is 0 Å². The number of carbonyl (C=O) groups excluding carboxylic acids is 1. The number of carbonyl (C=O) groups is 1. The first kappa shape index (κ1) is 16.3. The number of phenols is 1. The lowest BCUT2D eigenvalue weighted by molar-refractivity contribution is -0.180. The zero-order valence-corrected chi connectivity index (χ0v) is 14.6. The van der Waals surface area contributed by atoms with Crippen molar-refractivity contribution < 1.29 is 30.0 Å². The van der Waals surface area contributed by atoms with Crippen molar-refractivity contribution in [2.45, 2.75) is 49.9 Å². The van der Waals surface area contributed by atoms with Gasteiger partial charge in [0, 0.05) is 35.5 Å². The predicted octanol–water partition coefficient (Wildman–Crippen LogP) is 1.22. The molecule has 0 amide bonds. The van der Waals surface area contributed by atoms with Gasteiger partial charge in [-0.05, 0) is 23.8 Å². The van der Waals surface area contributed by atoms with E-state index in [4.69, 9.17) is 4.74 Å². The number of hydrogen-bond acceptors (Lipinski definition) is 6. The lowest BCUT2D eigenvalue weighted by Gasteiger charge is -2.57. The third kappa shape index (κ3) is 1.61. The van der Waals surface area contributed by atoms with Gasteiger partial charge in [-0.25, -0.2) is 0 Å². The van der Waals surface area contributed by atoms with Gasteiger partial charge in [-0.2, -0.15) is 0 Å². The van der Waals surface area contributed by atoms with Crippen molar-refractivity contribution in [1.29, 1.82) is 0 Å². The van der Waals surface area contributed by atoms with E-state index in [1.165, 1.54) is 12.3 Å². The Balaban J connectivity index is 1.77. The molecule has 4 aliphatic rings. The van der Waals surface area contributed by atoms with Crippen LogP contribution in [0, 0.1) is 17.3 Å². The number of phenolic OH excluding ortho intramolecular Hbond substituents is 1. The quantitative estimate of drug-likeness (QED) is 0.556. The van der Waals surface area contributed by atoms with Gasteiger partial charge in [0.15, 0.2) is 11.4 Å². The van der Waals surface area contributed by atoms with Crippen molar-refractivity contribution in [3.05, 3.63) is 35.6 Å². The molecule has 5 rings (SSSR count). The Kier molecular flexibility index (Phi) is 2.82. The van der Waals surface area contributed by atoms with Crippen LogP contribution in [0.2, 0.25) is 0 Å². The second-order valence-corrected chi connectivity index (χ2v) is 8.92. The molecule has 6 heteroatoms. The second kappa shape index (κ2) is 4.50. The molecule has 0 saturated heterocycles. The largest absolute Gasteiger partial charge is 0.508 e. The Morgan fingerprint density at radius 1 is 1.23 bits per heavy atom. The average Bonchev–Trinajstić information content (AvgIpc) is 2.79. The van der Waals surface area contributed by atoms with Crippen LogP contribution in [0.4, 0.5) is 0 Å². The second-order valence-electron chi connectivity index (χ2n) is 8.92. The zero-order chi connectivity index (χ0) is 18.6. The summed E-state index contributed by atoms with van der Waals surface area (Å²) in [6, 6.07) is 4.84.